The van der Waals surface area contributed by atoms with Gasteiger partial charge in [0.25, 0.3) is 0 Å². The number of nitrogens with zero attached hydrogens (tertiary/aromatic N) is 1. The smallest absolute Gasteiger partial charge is 0.170 e. The van der Waals surface area contributed by atoms with Crippen LogP contribution in [0, 0.1) is 11.6 Å². The number of amidine groups is 1. The molecule has 0 heterocycles. The van der Waals surface area contributed by atoms with Crippen LogP contribution in [0.1, 0.15) is 11.1 Å². The molecule has 0 aromatic heterocycles. The summed E-state index contributed by atoms with van der Waals surface area (Å²) in [6.45, 7) is -0.250. The Labute approximate surface area is 128 Å². The predicted molar refractivity (Wildman–Crippen MR) is 77.3 cm³/mol. The van der Waals surface area contributed by atoms with Crippen LogP contribution in [0.25, 0.3) is 0 Å². The van der Waals surface area contributed by atoms with Crippen molar-refractivity contribution < 1.29 is 18.7 Å². The Morgan fingerprint density at radius 1 is 1.19 bits per heavy atom. The molecule has 7 heteroatoms. The lowest BCUT2D eigenvalue weighted by atomic mass is 10.2. The van der Waals surface area contributed by atoms with E-state index in [0.29, 0.717) is 11.3 Å². The fraction of sp³-hybridized carbons (Fsp3) is 0.0714. The summed E-state index contributed by atoms with van der Waals surface area (Å²) >= 11 is 2.99. The molecule has 2 aromatic rings. The number of oxime groups is 1. The minimum absolute atomic E-state index is 0.0365. The Morgan fingerprint density at radius 3 is 2.48 bits per heavy atom. The molecule has 0 spiro atoms. The Bertz CT molecular complexity index is 675. The van der Waals surface area contributed by atoms with Crippen molar-refractivity contribution in [2.45, 2.75) is 6.61 Å². The highest BCUT2D eigenvalue weighted by Gasteiger charge is 2.13. The lowest BCUT2D eigenvalue weighted by Crippen LogP contribution is -2.12. The van der Waals surface area contributed by atoms with Crippen molar-refractivity contribution in [1.29, 1.82) is 0 Å². The first-order valence-corrected chi connectivity index (χ1v) is 6.65. The minimum atomic E-state index is -0.691. The summed E-state index contributed by atoms with van der Waals surface area (Å²) in [5.74, 6) is -0.999. The van der Waals surface area contributed by atoms with E-state index in [1.165, 1.54) is 6.07 Å². The van der Waals surface area contributed by atoms with E-state index in [4.69, 9.17) is 15.7 Å². The van der Waals surface area contributed by atoms with Gasteiger partial charge in [-0.25, -0.2) is 8.78 Å². The third-order valence-electron chi connectivity index (χ3n) is 2.78. The van der Waals surface area contributed by atoms with E-state index in [1.807, 2.05) is 0 Å². The number of rotatable bonds is 4. The zero-order chi connectivity index (χ0) is 15.4. The zero-order valence-corrected chi connectivity index (χ0v) is 12.3. The van der Waals surface area contributed by atoms with Crippen molar-refractivity contribution in [2.75, 3.05) is 0 Å². The maximum absolute atomic E-state index is 13.8. The van der Waals surface area contributed by atoms with E-state index >= 15 is 0 Å². The standard InChI is InChI=1S/C14H11BrF2N2O2/c15-11-5-6-12(16)10(13(11)17)7-21-9-3-1-8(2-4-9)14(18)19-20/h1-6,20H,7H2,(H2,18,19). The molecule has 0 fully saturated rings. The van der Waals surface area contributed by atoms with Crippen molar-refractivity contribution >= 4 is 21.8 Å². The van der Waals surface area contributed by atoms with E-state index in [0.717, 1.165) is 6.07 Å². The van der Waals surface area contributed by atoms with Crippen LogP contribution < -0.4 is 10.5 Å². The predicted octanol–water partition coefficient (Wildman–Crippen LogP) is 3.40. The van der Waals surface area contributed by atoms with Gasteiger partial charge in [-0.1, -0.05) is 5.16 Å². The molecule has 0 amide bonds. The van der Waals surface area contributed by atoms with E-state index in [-0.39, 0.29) is 22.5 Å². The third-order valence-corrected chi connectivity index (χ3v) is 3.39. The number of ether oxygens (including phenoxy) is 1. The van der Waals surface area contributed by atoms with Crippen molar-refractivity contribution in [3.05, 3.63) is 63.6 Å². The molecular weight excluding hydrogens is 346 g/mol. The third kappa shape index (κ3) is 3.49. The van der Waals surface area contributed by atoms with Gasteiger partial charge in [-0.2, -0.15) is 0 Å². The van der Waals surface area contributed by atoms with E-state index in [9.17, 15) is 8.78 Å². The molecular formula is C14H11BrF2N2O2. The number of hydrogen-bond donors (Lipinski definition) is 2. The highest BCUT2D eigenvalue weighted by Crippen LogP contribution is 2.23. The summed E-state index contributed by atoms with van der Waals surface area (Å²) < 4.78 is 32.8. The van der Waals surface area contributed by atoms with Gasteiger partial charge in [-0.15, -0.1) is 0 Å². The molecule has 0 radical (unpaired) electrons. The molecule has 2 aromatic carbocycles. The average molecular weight is 357 g/mol. The molecule has 0 aliphatic carbocycles. The first-order chi connectivity index (χ1) is 10.0. The first-order valence-electron chi connectivity index (χ1n) is 5.86. The van der Waals surface area contributed by atoms with Crippen LogP contribution in [0.4, 0.5) is 8.78 Å². The second-order valence-corrected chi connectivity index (χ2v) is 4.97. The van der Waals surface area contributed by atoms with Crippen molar-refractivity contribution in [3.8, 4) is 5.75 Å². The molecule has 21 heavy (non-hydrogen) atoms. The van der Waals surface area contributed by atoms with Gasteiger partial charge in [0.05, 0.1) is 10.0 Å². The SMILES string of the molecule is N/C(=N/O)c1ccc(OCc2c(F)ccc(Br)c2F)cc1. The highest BCUT2D eigenvalue weighted by atomic mass is 79.9. The summed E-state index contributed by atoms with van der Waals surface area (Å²) in [4.78, 5) is 0. The van der Waals surface area contributed by atoms with Gasteiger partial charge in [-0.05, 0) is 52.3 Å². The normalized spacial score (nSPS) is 11.5. The van der Waals surface area contributed by atoms with Crippen LogP contribution >= 0.6 is 15.9 Å². The maximum atomic E-state index is 13.8. The summed E-state index contributed by atoms with van der Waals surface area (Å²) in [6, 6.07) is 8.70. The Morgan fingerprint density at radius 2 is 1.86 bits per heavy atom. The lowest BCUT2D eigenvalue weighted by Gasteiger charge is -2.09. The molecule has 4 nitrogen and oxygen atoms in total. The van der Waals surface area contributed by atoms with Gasteiger partial charge in [0.15, 0.2) is 5.84 Å². The molecule has 0 aliphatic rings. The van der Waals surface area contributed by atoms with E-state index in [1.54, 1.807) is 24.3 Å². The quantitative estimate of drug-likeness (QED) is 0.290. The molecule has 0 aliphatic heterocycles. The van der Waals surface area contributed by atoms with Gasteiger partial charge >= 0.3 is 0 Å². The fourth-order valence-electron chi connectivity index (χ4n) is 1.64. The first kappa shape index (κ1) is 15.2. The fourth-order valence-corrected chi connectivity index (χ4v) is 2.01. The van der Waals surface area contributed by atoms with Gasteiger partial charge in [-0.3, -0.25) is 0 Å². The van der Waals surface area contributed by atoms with E-state index in [2.05, 4.69) is 21.1 Å². The van der Waals surface area contributed by atoms with E-state index < -0.39 is 11.6 Å². The molecule has 0 atom stereocenters. The topological polar surface area (TPSA) is 67.8 Å². The monoisotopic (exact) mass is 356 g/mol. The van der Waals surface area contributed by atoms with Gasteiger partial charge < -0.3 is 15.7 Å². The second kappa shape index (κ2) is 6.53. The van der Waals surface area contributed by atoms with Crippen LogP contribution in [0.2, 0.25) is 0 Å². The summed E-state index contributed by atoms with van der Waals surface area (Å²) in [6.07, 6.45) is 0. The molecule has 110 valence electrons. The number of hydrogen-bond acceptors (Lipinski definition) is 3. The van der Waals surface area contributed by atoms with Crippen LogP contribution in [0.5, 0.6) is 5.75 Å². The molecule has 0 bridgehead atoms. The Kier molecular flexibility index (Phi) is 4.74. The zero-order valence-electron chi connectivity index (χ0n) is 10.7. The largest absolute Gasteiger partial charge is 0.489 e. The summed E-state index contributed by atoms with van der Waals surface area (Å²) in [5, 5.41) is 11.4. The average Bonchev–Trinajstić information content (AvgIpc) is 2.51. The Hall–Kier alpha value is -2.15. The molecule has 0 saturated heterocycles. The van der Waals surface area contributed by atoms with Crippen molar-refractivity contribution in [3.63, 3.8) is 0 Å². The number of halogens is 3. The second-order valence-electron chi connectivity index (χ2n) is 4.12. The van der Waals surface area contributed by atoms with Crippen LogP contribution in [0.15, 0.2) is 46.0 Å². The van der Waals surface area contributed by atoms with Crippen molar-refractivity contribution in [2.24, 2.45) is 10.9 Å². The van der Waals surface area contributed by atoms with Crippen LogP contribution in [0.3, 0.4) is 0 Å². The lowest BCUT2D eigenvalue weighted by molar-refractivity contribution is 0.292. The van der Waals surface area contributed by atoms with Gasteiger partial charge in [0.2, 0.25) is 0 Å². The molecule has 3 N–H and O–H groups in total. The molecule has 0 unspecified atom stereocenters. The maximum Gasteiger partial charge on any atom is 0.170 e. The highest BCUT2D eigenvalue weighted by molar-refractivity contribution is 9.10. The Balaban J connectivity index is 2.12. The van der Waals surface area contributed by atoms with Crippen LogP contribution in [-0.4, -0.2) is 11.0 Å². The van der Waals surface area contributed by atoms with Crippen molar-refractivity contribution in [1.82, 2.24) is 0 Å². The summed E-state index contributed by atoms with van der Waals surface area (Å²) in [7, 11) is 0. The number of benzene rings is 2. The molecule has 0 saturated carbocycles. The summed E-state index contributed by atoms with van der Waals surface area (Å²) in [5.41, 5.74) is 5.76. The van der Waals surface area contributed by atoms with Crippen LogP contribution in [-0.2, 0) is 6.61 Å². The van der Waals surface area contributed by atoms with Gasteiger partial charge in [0.1, 0.15) is 24.0 Å². The number of nitrogens with two attached hydrogens (primary N) is 1. The van der Waals surface area contributed by atoms with Gasteiger partial charge in [0, 0.05) is 5.56 Å². The minimum Gasteiger partial charge on any atom is -0.489 e. The molecule has 2 rings (SSSR count).